The largest absolute Gasteiger partial charge is 0.386 e. The molecule has 74 valence electrons. The molecule has 1 N–H and O–H groups in total. The average Bonchev–Trinajstić information content (AvgIpc) is 1.92. The van der Waals surface area contributed by atoms with E-state index >= 15 is 0 Å². The standard InChI is InChI=1S/C9H16N2O2/c1-7-3-10(4-7)8(12)11-5-9(2,13)6-11/h7,13H,3-6H2,1-2H3. The number of rotatable bonds is 0. The Morgan fingerprint density at radius 3 is 2.31 bits per heavy atom. The molecule has 0 aromatic carbocycles. The van der Waals surface area contributed by atoms with Crippen LogP contribution in [-0.2, 0) is 0 Å². The highest BCUT2D eigenvalue weighted by atomic mass is 16.3. The van der Waals surface area contributed by atoms with Crippen LogP contribution < -0.4 is 0 Å². The highest BCUT2D eigenvalue weighted by Crippen LogP contribution is 2.24. The van der Waals surface area contributed by atoms with Gasteiger partial charge in [0.1, 0.15) is 0 Å². The molecule has 2 rings (SSSR count). The fourth-order valence-electron chi connectivity index (χ4n) is 1.97. The molecule has 0 aliphatic carbocycles. The minimum atomic E-state index is -0.647. The van der Waals surface area contributed by atoms with Gasteiger partial charge >= 0.3 is 6.03 Å². The second-order valence-corrected chi connectivity index (χ2v) is 4.65. The summed E-state index contributed by atoms with van der Waals surface area (Å²) < 4.78 is 0. The van der Waals surface area contributed by atoms with Gasteiger partial charge in [-0.3, -0.25) is 0 Å². The number of hydrogen-bond acceptors (Lipinski definition) is 2. The van der Waals surface area contributed by atoms with E-state index in [0.29, 0.717) is 19.0 Å². The lowest BCUT2D eigenvalue weighted by Crippen LogP contribution is -2.66. The van der Waals surface area contributed by atoms with Crippen molar-refractivity contribution in [2.24, 2.45) is 5.92 Å². The smallest absolute Gasteiger partial charge is 0.320 e. The third-order valence-corrected chi connectivity index (χ3v) is 2.67. The quantitative estimate of drug-likeness (QED) is 0.581. The molecule has 0 aromatic rings. The molecular weight excluding hydrogens is 168 g/mol. The molecule has 4 heteroatoms. The molecule has 2 aliphatic rings. The zero-order chi connectivity index (χ0) is 9.64. The van der Waals surface area contributed by atoms with Crippen LogP contribution in [-0.4, -0.2) is 52.7 Å². The second-order valence-electron chi connectivity index (χ2n) is 4.65. The SMILES string of the molecule is CC1CN(C(=O)N2CC(C)(O)C2)C1. The first-order valence-corrected chi connectivity index (χ1v) is 4.74. The van der Waals surface area contributed by atoms with Crippen molar-refractivity contribution >= 4 is 6.03 Å². The molecule has 0 unspecified atom stereocenters. The number of likely N-dealkylation sites (tertiary alicyclic amines) is 2. The van der Waals surface area contributed by atoms with E-state index in [9.17, 15) is 9.90 Å². The highest BCUT2D eigenvalue weighted by molar-refractivity contribution is 5.76. The molecule has 2 aliphatic heterocycles. The fourth-order valence-corrected chi connectivity index (χ4v) is 1.97. The van der Waals surface area contributed by atoms with Crippen LogP contribution in [0.3, 0.4) is 0 Å². The summed E-state index contributed by atoms with van der Waals surface area (Å²) in [6.07, 6.45) is 0. The number of carbonyl (C=O) groups excluding carboxylic acids is 1. The molecular formula is C9H16N2O2. The van der Waals surface area contributed by atoms with E-state index in [1.54, 1.807) is 11.8 Å². The van der Waals surface area contributed by atoms with E-state index < -0.39 is 5.60 Å². The number of amides is 2. The third-order valence-electron chi connectivity index (χ3n) is 2.67. The van der Waals surface area contributed by atoms with E-state index in [1.807, 2.05) is 4.90 Å². The lowest BCUT2D eigenvalue weighted by atomic mass is 9.96. The molecule has 0 aromatic heterocycles. The van der Waals surface area contributed by atoms with Crippen LogP contribution in [0.4, 0.5) is 4.79 Å². The summed E-state index contributed by atoms with van der Waals surface area (Å²) in [6, 6.07) is 0.0876. The van der Waals surface area contributed by atoms with Gasteiger partial charge in [0.25, 0.3) is 0 Å². The first-order valence-electron chi connectivity index (χ1n) is 4.74. The molecule has 13 heavy (non-hydrogen) atoms. The Hall–Kier alpha value is -0.770. The molecule has 2 amide bonds. The van der Waals surface area contributed by atoms with Crippen LogP contribution >= 0.6 is 0 Å². The van der Waals surface area contributed by atoms with Crippen molar-refractivity contribution < 1.29 is 9.90 Å². The Balaban J connectivity index is 1.80. The molecule has 2 saturated heterocycles. The van der Waals surface area contributed by atoms with Gasteiger partial charge in [0.15, 0.2) is 0 Å². The van der Waals surface area contributed by atoms with Gasteiger partial charge in [-0.15, -0.1) is 0 Å². The molecule has 2 fully saturated rings. The van der Waals surface area contributed by atoms with Crippen molar-refractivity contribution in [1.29, 1.82) is 0 Å². The van der Waals surface area contributed by atoms with E-state index in [1.165, 1.54) is 0 Å². The first kappa shape index (κ1) is 8.81. The van der Waals surface area contributed by atoms with Gasteiger partial charge < -0.3 is 14.9 Å². The number of aliphatic hydroxyl groups is 1. The van der Waals surface area contributed by atoms with Gasteiger partial charge in [0, 0.05) is 13.1 Å². The van der Waals surface area contributed by atoms with Gasteiger partial charge in [-0.05, 0) is 12.8 Å². The second kappa shape index (κ2) is 2.61. The Morgan fingerprint density at radius 1 is 1.38 bits per heavy atom. The van der Waals surface area contributed by atoms with Crippen molar-refractivity contribution in [3.05, 3.63) is 0 Å². The molecule has 0 spiro atoms. The van der Waals surface area contributed by atoms with Crippen LogP contribution in [0, 0.1) is 5.92 Å². The predicted octanol–water partition coefficient (Wildman–Crippen LogP) is 0.125. The van der Waals surface area contributed by atoms with Crippen molar-refractivity contribution in [1.82, 2.24) is 9.80 Å². The van der Waals surface area contributed by atoms with E-state index in [4.69, 9.17) is 0 Å². The average molecular weight is 184 g/mol. The van der Waals surface area contributed by atoms with E-state index in [-0.39, 0.29) is 6.03 Å². The van der Waals surface area contributed by atoms with Gasteiger partial charge in [-0.1, -0.05) is 6.92 Å². The maximum atomic E-state index is 11.6. The van der Waals surface area contributed by atoms with Crippen LogP contribution in [0.25, 0.3) is 0 Å². The van der Waals surface area contributed by atoms with Crippen LogP contribution in [0.5, 0.6) is 0 Å². The number of urea groups is 1. The number of nitrogens with zero attached hydrogens (tertiary/aromatic N) is 2. The topological polar surface area (TPSA) is 43.8 Å². The molecule has 4 nitrogen and oxygen atoms in total. The normalized spacial score (nSPS) is 26.7. The van der Waals surface area contributed by atoms with E-state index in [2.05, 4.69) is 6.92 Å². The lowest BCUT2D eigenvalue weighted by molar-refractivity contribution is -0.0710. The van der Waals surface area contributed by atoms with Gasteiger partial charge in [0.2, 0.25) is 0 Å². The lowest BCUT2D eigenvalue weighted by Gasteiger charge is -2.48. The van der Waals surface area contributed by atoms with Crippen LogP contribution in [0.15, 0.2) is 0 Å². The summed E-state index contributed by atoms with van der Waals surface area (Å²) in [7, 11) is 0. The molecule has 0 radical (unpaired) electrons. The highest BCUT2D eigenvalue weighted by Gasteiger charge is 2.42. The predicted molar refractivity (Wildman–Crippen MR) is 48.3 cm³/mol. The van der Waals surface area contributed by atoms with Crippen molar-refractivity contribution in [2.45, 2.75) is 19.4 Å². The number of hydrogen-bond donors (Lipinski definition) is 1. The van der Waals surface area contributed by atoms with Crippen LogP contribution in [0.2, 0.25) is 0 Å². The fraction of sp³-hybridized carbons (Fsp3) is 0.889. The Labute approximate surface area is 78.1 Å². The van der Waals surface area contributed by atoms with Gasteiger partial charge in [-0.2, -0.15) is 0 Å². The van der Waals surface area contributed by atoms with Crippen molar-refractivity contribution in [3.8, 4) is 0 Å². The molecule has 0 saturated carbocycles. The Kier molecular flexibility index (Phi) is 1.77. The molecule has 2 heterocycles. The first-order chi connectivity index (χ1) is 5.98. The summed E-state index contributed by atoms with van der Waals surface area (Å²) in [4.78, 5) is 15.1. The summed E-state index contributed by atoms with van der Waals surface area (Å²) >= 11 is 0. The monoisotopic (exact) mass is 184 g/mol. The van der Waals surface area contributed by atoms with E-state index in [0.717, 1.165) is 13.1 Å². The van der Waals surface area contributed by atoms with Crippen molar-refractivity contribution in [3.63, 3.8) is 0 Å². The summed E-state index contributed by atoms with van der Waals surface area (Å²) in [6.45, 7) is 6.61. The molecule has 0 atom stereocenters. The van der Waals surface area contributed by atoms with Crippen LogP contribution in [0.1, 0.15) is 13.8 Å². The zero-order valence-corrected chi connectivity index (χ0v) is 8.16. The summed E-state index contributed by atoms with van der Waals surface area (Å²) in [5, 5.41) is 9.44. The third kappa shape index (κ3) is 1.50. The van der Waals surface area contributed by atoms with Crippen molar-refractivity contribution in [2.75, 3.05) is 26.2 Å². The maximum Gasteiger partial charge on any atom is 0.320 e. The zero-order valence-electron chi connectivity index (χ0n) is 8.16. The number of carbonyl (C=O) groups is 1. The summed E-state index contributed by atoms with van der Waals surface area (Å²) in [5.41, 5.74) is -0.647. The maximum absolute atomic E-state index is 11.6. The summed E-state index contributed by atoms with van der Waals surface area (Å²) in [5.74, 6) is 0.644. The minimum Gasteiger partial charge on any atom is -0.386 e. The Morgan fingerprint density at radius 2 is 1.92 bits per heavy atom. The van der Waals surface area contributed by atoms with Gasteiger partial charge in [-0.25, -0.2) is 4.79 Å². The number of β-amino-alcohol motifs (C(OH)–C–C–N with tert-alkyl or cyclic N) is 1. The van der Waals surface area contributed by atoms with Gasteiger partial charge in [0.05, 0.1) is 18.7 Å². The minimum absolute atomic E-state index is 0.0876. The molecule has 0 bridgehead atoms. The Bertz CT molecular complexity index is 226.